The molecule has 1 aromatic rings. The predicted octanol–water partition coefficient (Wildman–Crippen LogP) is 3.26. The Morgan fingerprint density at radius 1 is 1.04 bits per heavy atom. The third-order valence-electron chi connectivity index (χ3n) is 7.38. The Kier molecular flexibility index (Phi) is 3.21. The second-order valence-electron chi connectivity index (χ2n) is 8.86. The van der Waals surface area contributed by atoms with Gasteiger partial charge in [0.2, 0.25) is 0 Å². The Balaban J connectivity index is 1.56. The van der Waals surface area contributed by atoms with Gasteiger partial charge in [-0.3, -0.25) is 0 Å². The summed E-state index contributed by atoms with van der Waals surface area (Å²) in [6.07, 6.45) is 8.07. The summed E-state index contributed by atoms with van der Waals surface area (Å²) in [7, 11) is 0. The minimum atomic E-state index is -0.0432. The van der Waals surface area contributed by atoms with Crippen molar-refractivity contribution in [1.29, 1.82) is 0 Å². The Bertz CT molecular complexity index is 636. The van der Waals surface area contributed by atoms with Crippen molar-refractivity contribution in [2.45, 2.75) is 57.2 Å². The van der Waals surface area contributed by atoms with E-state index in [4.69, 9.17) is 10.5 Å². The minimum Gasteiger partial charge on any atom is -0.504 e. The first-order chi connectivity index (χ1) is 11.6. The molecule has 1 aliphatic heterocycles. The molecule has 2 unspecified atom stereocenters. The molecule has 2 atom stereocenters. The monoisotopic (exact) mass is 329 g/mol. The van der Waals surface area contributed by atoms with Crippen molar-refractivity contribution in [3.05, 3.63) is 23.3 Å². The third kappa shape index (κ3) is 1.99. The summed E-state index contributed by atoms with van der Waals surface area (Å²) >= 11 is 0. The summed E-state index contributed by atoms with van der Waals surface area (Å²) in [4.78, 5) is 0. The molecule has 4 heteroatoms. The summed E-state index contributed by atoms with van der Waals surface area (Å²) in [6, 6.07) is 3.42. The summed E-state index contributed by atoms with van der Waals surface area (Å²) in [6.45, 7) is 0.975. The van der Waals surface area contributed by atoms with E-state index in [0.29, 0.717) is 13.2 Å². The second-order valence-corrected chi connectivity index (χ2v) is 8.86. The zero-order valence-corrected chi connectivity index (χ0v) is 14.1. The Hall–Kier alpha value is -1.26. The lowest BCUT2D eigenvalue weighted by Gasteiger charge is -2.60. The maximum absolute atomic E-state index is 10.5. The van der Waals surface area contributed by atoms with Crippen LogP contribution in [0.2, 0.25) is 0 Å². The highest BCUT2D eigenvalue weighted by Gasteiger charge is 2.57. The molecular formula is C20H27NO3. The van der Waals surface area contributed by atoms with Gasteiger partial charge in [-0.1, -0.05) is 6.07 Å². The van der Waals surface area contributed by atoms with Crippen LogP contribution < -0.4 is 5.73 Å². The highest BCUT2D eigenvalue weighted by molar-refractivity contribution is 5.52. The molecule has 130 valence electrons. The number of hydrogen-bond acceptors (Lipinski definition) is 4. The number of fused-ring (bicyclic) bond motifs is 1. The van der Waals surface area contributed by atoms with Crippen molar-refractivity contribution >= 4 is 0 Å². The number of nitrogens with two attached hydrogens (primary N) is 1. The molecule has 6 rings (SSSR count). The highest BCUT2D eigenvalue weighted by atomic mass is 16.5. The van der Waals surface area contributed by atoms with Gasteiger partial charge in [-0.05, 0) is 73.3 Å². The average molecular weight is 329 g/mol. The van der Waals surface area contributed by atoms with E-state index in [0.717, 1.165) is 28.9 Å². The fourth-order valence-corrected chi connectivity index (χ4v) is 7.00. The highest BCUT2D eigenvalue weighted by Crippen LogP contribution is 2.64. The number of phenols is 2. The van der Waals surface area contributed by atoms with E-state index in [-0.39, 0.29) is 28.9 Å². The topological polar surface area (TPSA) is 75.7 Å². The van der Waals surface area contributed by atoms with E-state index in [9.17, 15) is 10.2 Å². The molecule has 5 aliphatic rings. The van der Waals surface area contributed by atoms with Gasteiger partial charge in [0.25, 0.3) is 0 Å². The lowest BCUT2D eigenvalue weighted by molar-refractivity contribution is -0.159. The average Bonchev–Trinajstić information content (AvgIpc) is 2.56. The Morgan fingerprint density at radius 2 is 1.67 bits per heavy atom. The Morgan fingerprint density at radius 3 is 2.25 bits per heavy atom. The van der Waals surface area contributed by atoms with Crippen LogP contribution in [0.4, 0.5) is 0 Å². The van der Waals surface area contributed by atoms with Gasteiger partial charge in [-0.15, -0.1) is 0 Å². The molecule has 0 radical (unpaired) electrons. The van der Waals surface area contributed by atoms with E-state index in [1.165, 1.54) is 38.5 Å². The van der Waals surface area contributed by atoms with Crippen LogP contribution in [-0.4, -0.2) is 22.9 Å². The first-order valence-corrected chi connectivity index (χ1v) is 9.45. The normalized spacial score (nSPS) is 43.0. The second kappa shape index (κ2) is 5.12. The fraction of sp³-hybridized carbons (Fsp3) is 0.700. The lowest BCUT2D eigenvalue weighted by Crippen LogP contribution is -2.55. The molecule has 0 spiro atoms. The first-order valence-electron chi connectivity index (χ1n) is 9.45. The molecule has 4 nitrogen and oxygen atoms in total. The van der Waals surface area contributed by atoms with Crippen LogP contribution >= 0.6 is 0 Å². The van der Waals surface area contributed by atoms with E-state index < -0.39 is 0 Å². The zero-order valence-electron chi connectivity index (χ0n) is 14.1. The van der Waals surface area contributed by atoms with Crippen molar-refractivity contribution in [3.63, 3.8) is 0 Å². The lowest BCUT2D eigenvalue weighted by atomic mass is 9.47. The standard InChI is InChI=1S/C20H27NO3/c21-9-15-17-14(1-2-16(22)18(17)23)10-24-19(15)20-6-11-3-12(7-20)5-13(4-11)8-20/h1-2,11-13,15,19,22-23H,3-10,21H2. The van der Waals surface area contributed by atoms with Gasteiger partial charge >= 0.3 is 0 Å². The predicted molar refractivity (Wildman–Crippen MR) is 90.7 cm³/mol. The molecule has 4 bridgehead atoms. The van der Waals surface area contributed by atoms with Crippen LogP contribution in [0.5, 0.6) is 11.5 Å². The number of rotatable bonds is 2. The number of hydrogen-bond donors (Lipinski definition) is 3. The van der Waals surface area contributed by atoms with Crippen LogP contribution in [0.1, 0.15) is 55.6 Å². The maximum Gasteiger partial charge on any atom is 0.161 e. The number of benzene rings is 1. The van der Waals surface area contributed by atoms with Gasteiger partial charge in [0.05, 0.1) is 12.7 Å². The summed E-state index contributed by atoms with van der Waals surface area (Å²) < 4.78 is 6.41. The summed E-state index contributed by atoms with van der Waals surface area (Å²) in [5.41, 5.74) is 8.22. The molecule has 1 heterocycles. The van der Waals surface area contributed by atoms with Crippen LogP contribution in [0.15, 0.2) is 12.1 Å². The van der Waals surface area contributed by atoms with Crippen LogP contribution in [0, 0.1) is 23.2 Å². The van der Waals surface area contributed by atoms with Crippen molar-refractivity contribution in [2.24, 2.45) is 28.9 Å². The van der Waals surface area contributed by atoms with Gasteiger partial charge in [0.1, 0.15) is 0 Å². The molecule has 4 saturated carbocycles. The number of phenolic OH excluding ortho intramolecular Hbond substituents is 2. The van der Waals surface area contributed by atoms with Crippen LogP contribution in [0.25, 0.3) is 0 Å². The Labute approximate surface area is 143 Å². The molecule has 4 N–H and O–H groups in total. The quantitative estimate of drug-likeness (QED) is 0.728. The molecule has 0 saturated heterocycles. The van der Waals surface area contributed by atoms with Crippen LogP contribution in [-0.2, 0) is 11.3 Å². The van der Waals surface area contributed by atoms with Crippen molar-refractivity contribution in [2.75, 3.05) is 6.54 Å². The van der Waals surface area contributed by atoms with Gasteiger partial charge < -0.3 is 20.7 Å². The SMILES string of the molecule is NCC1c2c(ccc(O)c2O)COC1C12CC3CC(CC(C3)C1)C2. The van der Waals surface area contributed by atoms with Gasteiger partial charge in [0, 0.05) is 18.0 Å². The molecule has 1 aromatic carbocycles. The molecule has 4 fully saturated rings. The molecular weight excluding hydrogens is 302 g/mol. The number of ether oxygens (including phenoxy) is 1. The van der Waals surface area contributed by atoms with E-state index in [2.05, 4.69) is 0 Å². The largest absolute Gasteiger partial charge is 0.504 e. The maximum atomic E-state index is 10.5. The third-order valence-corrected chi connectivity index (χ3v) is 7.38. The van der Waals surface area contributed by atoms with E-state index in [1.807, 2.05) is 6.07 Å². The van der Waals surface area contributed by atoms with Crippen molar-refractivity contribution in [3.8, 4) is 11.5 Å². The minimum absolute atomic E-state index is 0.0148. The van der Waals surface area contributed by atoms with Gasteiger partial charge in [0.15, 0.2) is 11.5 Å². The molecule has 0 aromatic heterocycles. The molecule has 4 aliphatic carbocycles. The van der Waals surface area contributed by atoms with E-state index in [1.54, 1.807) is 6.07 Å². The van der Waals surface area contributed by atoms with E-state index >= 15 is 0 Å². The fourth-order valence-electron chi connectivity index (χ4n) is 7.00. The zero-order chi connectivity index (χ0) is 16.5. The molecule has 24 heavy (non-hydrogen) atoms. The van der Waals surface area contributed by atoms with Gasteiger partial charge in [-0.2, -0.15) is 0 Å². The van der Waals surface area contributed by atoms with Crippen molar-refractivity contribution in [1.82, 2.24) is 0 Å². The van der Waals surface area contributed by atoms with Gasteiger partial charge in [-0.25, -0.2) is 0 Å². The first kappa shape index (κ1) is 15.0. The number of aromatic hydroxyl groups is 2. The van der Waals surface area contributed by atoms with Crippen LogP contribution in [0.3, 0.4) is 0 Å². The molecule has 0 amide bonds. The smallest absolute Gasteiger partial charge is 0.161 e. The summed E-state index contributed by atoms with van der Waals surface area (Å²) in [5, 5.41) is 20.5. The summed E-state index contributed by atoms with van der Waals surface area (Å²) in [5.74, 6) is 2.53. The van der Waals surface area contributed by atoms with Crippen molar-refractivity contribution < 1.29 is 14.9 Å².